The van der Waals surface area contributed by atoms with E-state index in [1.807, 2.05) is 12.1 Å². The van der Waals surface area contributed by atoms with E-state index in [4.69, 9.17) is 15.1 Å². The summed E-state index contributed by atoms with van der Waals surface area (Å²) >= 11 is 1.48. The van der Waals surface area contributed by atoms with Crippen LogP contribution in [-0.2, 0) is 17.8 Å². The van der Waals surface area contributed by atoms with Gasteiger partial charge >= 0.3 is 0 Å². The molecule has 10 heteroatoms. The number of carbonyl (C=O) groups excluding carboxylic acids is 2. The van der Waals surface area contributed by atoms with Gasteiger partial charge in [-0.15, -0.1) is 11.3 Å². The van der Waals surface area contributed by atoms with Crippen molar-refractivity contribution in [3.63, 3.8) is 0 Å². The minimum absolute atomic E-state index is 0.0196. The monoisotopic (exact) mass is 508 g/mol. The van der Waals surface area contributed by atoms with Crippen molar-refractivity contribution in [2.75, 3.05) is 32.6 Å². The van der Waals surface area contributed by atoms with E-state index in [1.54, 1.807) is 30.1 Å². The maximum Gasteiger partial charge on any atom is 0.263 e. The summed E-state index contributed by atoms with van der Waals surface area (Å²) in [6.45, 7) is 2.80. The number of thiophene rings is 1. The highest BCUT2D eigenvalue weighted by Crippen LogP contribution is 2.43. The number of nitrogens with one attached hydrogen (secondary N) is 1. The van der Waals surface area contributed by atoms with Gasteiger partial charge in [0.25, 0.3) is 5.91 Å². The summed E-state index contributed by atoms with van der Waals surface area (Å²) in [7, 11) is 3.58. The van der Waals surface area contributed by atoms with E-state index >= 15 is 0 Å². The standard InChI is InChI=1S/C26H32N6O3S/c1-15-4-6-16(7-5-15)22-23-19(36-24(22)25(35)31(2)3)12-27-26(30-23)29-20-9-8-17-13-32(21(34)14-33)11-10-18(17)28-20/h8-9,12,15-16,33H,4-7,10-11,13-14H2,1-3H3,(H,27,28,29,30). The highest BCUT2D eigenvalue weighted by molar-refractivity contribution is 7.21. The van der Waals surface area contributed by atoms with Gasteiger partial charge in [0.2, 0.25) is 11.9 Å². The number of anilines is 2. The SMILES string of the molecule is CC1CCC(c2c(C(=O)N(C)C)sc3cnc(Nc4ccc5c(n4)CCN(C(=O)CO)C5)nc23)CC1. The number of aromatic nitrogens is 3. The van der Waals surface area contributed by atoms with Gasteiger partial charge in [0, 0.05) is 44.9 Å². The summed E-state index contributed by atoms with van der Waals surface area (Å²) in [6, 6.07) is 3.81. The van der Waals surface area contributed by atoms with Crippen LogP contribution in [0.25, 0.3) is 10.2 Å². The van der Waals surface area contributed by atoms with Gasteiger partial charge in [0.15, 0.2) is 0 Å². The Labute approximate surface area is 214 Å². The summed E-state index contributed by atoms with van der Waals surface area (Å²) < 4.78 is 0.923. The molecule has 36 heavy (non-hydrogen) atoms. The lowest BCUT2D eigenvalue weighted by atomic mass is 9.79. The van der Waals surface area contributed by atoms with E-state index in [-0.39, 0.29) is 11.8 Å². The van der Waals surface area contributed by atoms with Crippen LogP contribution in [0.2, 0.25) is 0 Å². The van der Waals surface area contributed by atoms with Crippen LogP contribution in [0.4, 0.5) is 11.8 Å². The molecule has 2 aliphatic rings. The minimum atomic E-state index is -0.478. The smallest absolute Gasteiger partial charge is 0.263 e. The van der Waals surface area contributed by atoms with Crippen LogP contribution < -0.4 is 5.32 Å². The predicted molar refractivity (Wildman–Crippen MR) is 140 cm³/mol. The highest BCUT2D eigenvalue weighted by atomic mass is 32.1. The number of carbonyl (C=O) groups is 2. The molecule has 3 aromatic heterocycles. The molecule has 190 valence electrons. The molecule has 0 radical (unpaired) electrons. The number of aliphatic hydroxyl groups excluding tert-OH is 1. The maximum absolute atomic E-state index is 13.1. The third kappa shape index (κ3) is 4.79. The van der Waals surface area contributed by atoms with Crippen LogP contribution in [0.1, 0.15) is 65.0 Å². The second kappa shape index (κ2) is 10.1. The third-order valence-electron chi connectivity index (χ3n) is 7.27. The van der Waals surface area contributed by atoms with Crippen LogP contribution in [0.15, 0.2) is 18.3 Å². The number of hydrogen-bond donors (Lipinski definition) is 2. The molecule has 0 saturated heterocycles. The molecule has 0 aromatic carbocycles. The Hall–Kier alpha value is -3.11. The van der Waals surface area contributed by atoms with E-state index < -0.39 is 6.61 Å². The largest absolute Gasteiger partial charge is 0.387 e. The average molecular weight is 509 g/mol. The number of amides is 2. The minimum Gasteiger partial charge on any atom is -0.387 e. The molecule has 9 nitrogen and oxygen atoms in total. The fraction of sp³-hybridized carbons (Fsp3) is 0.500. The van der Waals surface area contributed by atoms with Crippen LogP contribution in [0.3, 0.4) is 0 Å². The van der Waals surface area contributed by atoms with Crippen molar-refractivity contribution in [3.05, 3.63) is 40.0 Å². The molecular weight excluding hydrogens is 476 g/mol. The lowest BCUT2D eigenvalue weighted by molar-refractivity contribution is -0.135. The zero-order valence-electron chi connectivity index (χ0n) is 21.0. The van der Waals surface area contributed by atoms with Crippen LogP contribution in [0.5, 0.6) is 0 Å². The average Bonchev–Trinajstić information content (AvgIpc) is 3.26. The van der Waals surface area contributed by atoms with Gasteiger partial charge in [0.1, 0.15) is 12.4 Å². The number of hydrogen-bond acceptors (Lipinski definition) is 8. The predicted octanol–water partition coefficient (Wildman–Crippen LogP) is 3.70. The number of aliphatic hydroxyl groups is 1. The summed E-state index contributed by atoms with van der Waals surface area (Å²) in [5, 5.41) is 12.4. The molecule has 2 amide bonds. The third-order valence-corrected chi connectivity index (χ3v) is 8.38. The number of rotatable bonds is 5. The van der Waals surface area contributed by atoms with E-state index in [1.165, 1.54) is 11.3 Å². The van der Waals surface area contributed by atoms with Crippen molar-refractivity contribution >= 4 is 45.1 Å². The second-order valence-electron chi connectivity index (χ2n) is 10.1. The van der Waals surface area contributed by atoms with Gasteiger partial charge in [-0.3, -0.25) is 9.59 Å². The molecule has 1 aliphatic heterocycles. The molecule has 2 N–H and O–H groups in total. The molecule has 0 spiro atoms. The van der Waals surface area contributed by atoms with Crippen molar-refractivity contribution in [2.24, 2.45) is 5.92 Å². The Morgan fingerprint density at radius 2 is 1.97 bits per heavy atom. The zero-order valence-corrected chi connectivity index (χ0v) is 21.8. The molecule has 0 bridgehead atoms. The Morgan fingerprint density at radius 1 is 1.19 bits per heavy atom. The maximum atomic E-state index is 13.1. The van der Waals surface area contributed by atoms with Gasteiger partial charge in [-0.1, -0.05) is 25.8 Å². The Kier molecular flexibility index (Phi) is 6.90. The number of pyridine rings is 1. The molecule has 0 atom stereocenters. The Morgan fingerprint density at radius 3 is 2.69 bits per heavy atom. The van der Waals surface area contributed by atoms with Crippen molar-refractivity contribution in [2.45, 2.75) is 51.5 Å². The van der Waals surface area contributed by atoms with Crippen LogP contribution >= 0.6 is 11.3 Å². The lowest BCUT2D eigenvalue weighted by Crippen LogP contribution is -2.37. The highest BCUT2D eigenvalue weighted by Gasteiger charge is 2.30. The number of fused-ring (bicyclic) bond motifs is 2. The Balaban J connectivity index is 1.44. The topological polar surface area (TPSA) is 112 Å². The first kappa shape index (κ1) is 24.6. The van der Waals surface area contributed by atoms with E-state index in [9.17, 15) is 9.59 Å². The van der Waals surface area contributed by atoms with Gasteiger partial charge in [-0.25, -0.2) is 15.0 Å². The van der Waals surface area contributed by atoms with E-state index in [0.717, 1.165) is 63.5 Å². The van der Waals surface area contributed by atoms with Gasteiger partial charge < -0.3 is 20.2 Å². The first-order valence-electron chi connectivity index (χ1n) is 12.5. The zero-order chi connectivity index (χ0) is 25.4. The first-order valence-corrected chi connectivity index (χ1v) is 13.3. The molecule has 5 rings (SSSR count). The first-order chi connectivity index (χ1) is 17.3. The molecular formula is C26H32N6O3S. The molecule has 1 saturated carbocycles. The van der Waals surface area contributed by atoms with E-state index in [2.05, 4.69) is 17.2 Å². The molecule has 3 aromatic rings. The summed E-state index contributed by atoms with van der Waals surface area (Å²) in [4.78, 5) is 43.1. The van der Waals surface area contributed by atoms with Gasteiger partial charge in [0.05, 0.1) is 21.3 Å². The van der Waals surface area contributed by atoms with Crippen LogP contribution in [0, 0.1) is 5.92 Å². The molecule has 4 heterocycles. The van der Waals surface area contributed by atoms with Crippen molar-refractivity contribution in [1.82, 2.24) is 24.8 Å². The molecule has 1 fully saturated rings. The molecule has 0 unspecified atom stereocenters. The molecule has 1 aliphatic carbocycles. The lowest BCUT2D eigenvalue weighted by Gasteiger charge is -2.28. The van der Waals surface area contributed by atoms with Crippen molar-refractivity contribution in [1.29, 1.82) is 0 Å². The Bertz CT molecular complexity index is 1300. The second-order valence-corrected chi connectivity index (χ2v) is 11.1. The normalized spacial score (nSPS) is 19.7. The van der Waals surface area contributed by atoms with Gasteiger partial charge in [-0.05, 0) is 36.3 Å². The fourth-order valence-electron chi connectivity index (χ4n) is 5.17. The number of nitrogens with zero attached hydrogens (tertiary/aromatic N) is 5. The van der Waals surface area contributed by atoms with Crippen molar-refractivity contribution < 1.29 is 14.7 Å². The quantitative estimate of drug-likeness (QED) is 0.540. The summed E-state index contributed by atoms with van der Waals surface area (Å²) in [5.41, 5.74) is 3.83. The summed E-state index contributed by atoms with van der Waals surface area (Å²) in [6.07, 6.45) is 6.88. The van der Waals surface area contributed by atoms with E-state index in [0.29, 0.717) is 37.2 Å². The van der Waals surface area contributed by atoms with Crippen LogP contribution in [-0.4, -0.2) is 68.9 Å². The van der Waals surface area contributed by atoms with Gasteiger partial charge in [-0.2, -0.15) is 0 Å². The fourth-order valence-corrected chi connectivity index (χ4v) is 6.39. The van der Waals surface area contributed by atoms with Crippen molar-refractivity contribution in [3.8, 4) is 0 Å². The summed E-state index contributed by atoms with van der Waals surface area (Å²) in [5.74, 6) is 1.89.